The number of benzene rings is 1. The quantitative estimate of drug-likeness (QED) is 0.519. The summed E-state index contributed by atoms with van der Waals surface area (Å²) in [6, 6.07) is 8.41. The molecule has 2 saturated heterocycles. The van der Waals surface area contributed by atoms with E-state index in [1.165, 1.54) is 38.6 Å². The van der Waals surface area contributed by atoms with Gasteiger partial charge < -0.3 is 9.64 Å². The van der Waals surface area contributed by atoms with E-state index >= 15 is 0 Å². The smallest absolute Gasteiger partial charge is 0.179 e. The molecule has 1 aromatic rings. The van der Waals surface area contributed by atoms with Crippen molar-refractivity contribution in [2.24, 2.45) is 0 Å². The van der Waals surface area contributed by atoms with E-state index in [1.54, 1.807) is 0 Å². The lowest BCUT2D eigenvalue weighted by atomic mass is 10.0. The summed E-state index contributed by atoms with van der Waals surface area (Å²) in [5.41, 5.74) is 0.793. The molecule has 2 aliphatic rings. The Kier molecular flexibility index (Phi) is 7.09. The van der Waals surface area contributed by atoms with Gasteiger partial charge in [-0.2, -0.15) is 0 Å². The highest BCUT2D eigenvalue weighted by atomic mass is 16.5. The maximum absolute atomic E-state index is 12.7. The SMILES string of the molecule is CC1CCCN1CCCOc1ccc(C(=O)C(C)N2CCCCC2)cc1. The highest BCUT2D eigenvalue weighted by Crippen LogP contribution is 2.19. The van der Waals surface area contributed by atoms with Crippen LogP contribution in [0.3, 0.4) is 0 Å². The van der Waals surface area contributed by atoms with Crippen LogP contribution in [0.1, 0.15) is 62.7 Å². The molecule has 1 aromatic carbocycles. The first-order valence-corrected chi connectivity index (χ1v) is 10.4. The molecule has 0 radical (unpaired) electrons. The Bertz CT molecular complexity index is 566. The molecule has 2 aliphatic heterocycles. The third kappa shape index (κ3) is 5.08. The van der Waals surface area contributed by atoms with Gasteiger partial charge in [-0.25, -0.2) is 0 Å². The lowest BCUT2D eigenvalue weighted by Crippen LogP contribution is -2.42. The number of nitrogens with zero attached hydrogens (tertiary/aromatic N) is 2. The highest BCUT2D eigenvalue weighted by molar-refractivity contribution is 5.99. The van der Waals surface area contributed by atoms with Crippen LogP contribution in [0.15, 0.2) is 24.3 Å². The van der Waals surface area contributed by atoms with Crippen molar-refractivity contribution in [3.8, 4) is 5.75 Å². The van der Waals surface area contributed by atoms with Crippen LogP contribution in [-0.4, -0.2) is 60.5 Å². The second-order valence-electron chi connectivity index (χ2n) is 7.89. The van der Waals surface area contributed by atoms with Crippen molar-refractivity contribution >= 4 is 5.78 Å². The summed E-state index contributed by atoms with van der Waals surface area (Å²) in [6.45, 7) is 9.53. The zero-order chi connectivity index (χ0) is 18.4. The minimum absolute atomic E-state index is 0.0236. The first-order chi connectivity index (χ1) is 12.6. The van der Waals surface area contributed by atoms with E-state index in [-0.39, 0.29) is 11.8 Å². The predicted octanol–water partition coefficient (Wildman–Crippen LogP) is 4.00. The third-order valence-electron chi connectivity index (χ3n) is 6.01. The molecule has 144 valence electrons. The van der Waals surface area contributed by atoms with Crippen LogP contribution in [0, 0.1) is 0 Å². The number of piperidine rings is 1. The Labute approximate surface area is 158 Å². The van der Waals surface area contributed by atoms with E-state index in [0.29, 0.717) is 0 Å². The average molecular weight is 359 g/mol. The molecule has 4 heteroatoms. The topological polar surface area (TPSA) is 32.8 Å². The van der Waals surface area contributed by atoms with E-state index < -0.39 is 0 Å². The van der Waals surface area contributed by atoms with E-state index in [1.807, 2.05) is 31.2 Å². The predicted molar refractivity (Wildman–Crippen MR) is 106 cm³/mol. The molecule has 2 atom stereocenters. The number of ether oxygens (including phenoxy) is 1. The van der Waals surface area contributed by atoms with Gasteiger partial charge >= 0.3 is 0 Å². The van der Waals surface area contributed by atoms with Gasteiger partial charge in [0.25, 0.3) is 0 Å². The molecule has 0 aromatic heterocycles. The molecule has 2 heterocycles. The van der Waals surface area contributed by atoms with Crippen molar-refractivity contribution in [3.63, 3.8) is 0 Å². The van der Waals surface area contributed by atoms with Gasteiger partial charge in [0, 0.05) is 18.2 Å². The first kappa shape index (κ1) is 19.4. The minimum atomic E-state index is -0.0236. The van der Waals surface area contributed by atoms with Crippen molar-refractivity contribution in [1.29, 1.82) is 0 Å². The van der Waals surface area contributed by atoms with Gasteiger partial charge in [-0.3, -0.25) is 9.69 Å². The highest BCUT2D eigenvalue weighted by Gasteiger charge is 2.23. The maximum Gasteiger partial charge on any atom is 0.179 e. The van der Waals surface area contributed by atoms with Gasteiger partial charge in [0.15, 0.2) is 5.78 Å². The molecule has 2 unspecified atom stereocenters. The van der Waals surface area contributed by atoms with Crippen LogP contribution in [0.4, 0.5) is 0 Å². The van der Waals surface area contributed by atoms with Crippen molar-refractivity contribution in [2.75, 3.05) is 32.8 Å². The Morgan fingerprint density at radius 1 is 1.12 bits per heavy atom. The zero-order valence-corrected chi connectivity index (χ0v) is 16.5. The Balaban J connectivity index is 1.43. The molecule has 0 spiro atoms. The molecular formula is C22H34N2O2. The maximum atomic E-state index is 12.7. The van der Waals surface area contributed by atoms with Crippen molar-refractivity contribution in [3.05, 3.63) is 29.8 Å². The van der Waals surface area contributed by atoms with Crippen LogP contribution in [0.5, 0.6) is 5.75 Å². The molecule has 3 rings (SSSR count). The molecule has 26 heavy (non-hydrogen) atoms. The minimum Gasteiger partial charge on any atom is -0.494 e. The summed E-state index contributed by atoms with van der Waals surface area (Å²) in [7, 11) is 0. The Morgan fingerprint density at radius 3 is 2.50 bits per heavy atom. The fourth-order valence-electron chi connectivity index (χ4n) is 4.21. The number of likely N-dealkylation sites (tertiary alicyclic amines) is 2. The second-order valence-corrected chi connectivity index (χ2v) is 7.89. The van der Waals surface area contributed by atoms with Gasteiger partial charge in [0.05, 0.1) is 12.6 Å². The van der Waals surface area contributed by atoms with Gasteiger partial charge in [0.2, 0.25) is 0 Å². The van der Waals surface area contributed by atoms with Crippen LogP contribution in [0.25, 0.3) is 0 Å². The number of Topliss-reactive ketones (excluding diaryl/α,β-unsaturated/α-hetero) is 1. The third-order valence-corrected chi connectivity index (χ3v) is 6.01. The summed E-state index contributed by atoms with van der Waals surface area (Å²) in [4.78, 5) is 17.6. The van der Waals surface area contributed by atoms with Crippen molar-refractivity contribution in [2.45, 2.75) is 64.5 Å². The fourth-order valence-corrected chi connectivity index (χ4v) is 4.21. The van der Waals surface area contributed by atoms with Gasteiger partial charge in [-0.05, 0) is 89.9 Å². The van der Waals surface area contributed by atoms with Crippen LogP contribution >= 0.6 is 0 Å². The monoisotopic (exact) mass is 358 g/mol. The standard InChI is InChI=1S/C22H34N2O2/c1-18-8-6-15-23(18)16-7-17-26-21-11-9-20(10-12-21)22(25)19(2)24-13-4-3-5-14-24/h9-12,18-19H,3-8,13-17H2,1-2H3. The summed E-state index contributed by atoms with van der Waals surface area (Å²) in [5.74, 6) is 1.09. The lowest BCUT2D eigenvalue weighted by Gasteiger charge is -2.31. The lowest BCUT2D eigenvalue weighted by molar-refractivity contribution is 0.0809. The molecule has 4 nitrogen and oxygen atoms in total. The summed E-state index contributed by atoms with van der Waals surface area (Å²) in [5, 5.41) is 0. The number of carbonyl (C=O) groups is 1. The van der Waals surface area contributed by atoms with Crippen LogP contribution < -0.4 is 4.74 Å². The Morgan fingerprint density at radius 2 is 1.85 bits per heavy atom. The summed E-state index contributed by atoms with van der Waals surface area (Å²) >= 11 is 0. The van der Waals surface area contributed by atoms with Crippen LogP contribution in [-0.2, 0) is 0 Å². The van der Waals surface area contributed by atoms with E-state index in [0.717, 1.165) is 50.0 Å². The largest absolute Gasteiger partial charge is 0.494 e. The van der Waals surface area contributed by atoms with Gasteiger partial charge in [-0.15, -0.1) is 0 Å². The van der Waals surface area contributed by atoms with Crippen molar-refractivity contribution < 1.29 is 9.53 Å². The van der Waals surface area contributed by atoms with E-state index in [4.69, 9.17) is 4.74 Å². The molecule has 0 amide bonds. The summed E-state index contributed by atoms with van der Waals surface area (Å²) < 4.78 is 5.86. The molecular weight excluding hydrogens is 324 g/mol. The average Bonchev–Trinajstić information content (AvgIpc) is 3.10. The number of carbonyl (C=O) groups excluding carboxylic acids is 1. The van der Waals surface area contributed by atoms with Gasteiger partial charge in [-0.1, -0.05) is 6.42 Å². The van der Waals surface area contributed by atoms with E-state index in [9.17, 15) is 4.79 Å². The molecule has 0 saturated carbocycles. The van der Waals surface area contributed by atoms with E-state index in [2.05, 4.69) is 16.7 Å². The number of rotatable bonds is 8. The van der Waals surface area contributed by atoms with Crippen molar-refractivity contribution in [1.82, 2.24) is 9.80 Å². The molecule has 0 aliphatic carbocycles. The second kappa shape index (κ2) is 9.52. The molecule has 2 fully saturated rings. The molecule has 0 N–H and O–H groups in total. The van der Waals surface area contributed by atoms with Crippen LogP contribution in [0.2, 0.25) is 0 Å². The zero-order valence-electron chi connectivity index (χ0n) is 16.5. The Hall–Kier alpha value is -1.39. The first-order valence-electron chi connectivity index (χ1n) is 10.4. The summed E-state index contributed by atoms with van der Waals surface area (Å²) in [6.07, 6.45) is 7.41. The fraction of sp³-hybridized carbons (Fsp3) is 0.682. The number of hydrogen-bond donors (Lipinski definition) is 0. The number of hydrogen-bond acceptors (Lipinski definition) is 4. The molecule has 0 bridgehead atoms. The normalized spacial score (nSPS) is 23.1. The van der Waals surface area contributed by atoms with Gasteiger partial charge in [0.1, 0.15) is 5.75 Å². The number of ketones is 1.